The maximum atomic E-state index is 13.5. The Labute approximate surface area is 336 Å². The van der Waals surface area contributed by atoms with Gasteiger partial charge >= 0.3 is 11.9 Å². The summed E-state index contributed by atoms with van der Waals surface area (Å²) in [6, 6.07) is 36.9. The molecule has 9 nitrogen and oxygen atoms in total. The number of hydrogen-bond acceptors (Lipinski definition) is 8. The van der Waals surface area contributed by atoms with E-state index in [4.69, 9.17) is 23.7 Å². The maximum Gasteiger partial charge on any atom is 0.355 e. The summed E-state index contributed by atoms with van der Waals surface area (Å²) >= 11 is 0. The number of hydrogen-bond donors (Lipinski definition) is 0. The number of fused-ring (bicyclic) bond motifs is 1. The Hall–Kier alpha value is -5.55. The molecule has 4 aromatic carbocycles. The molecule has 3 unspecified atom stereocenters. The number of ether oxygens (including phenoxy) is 2. The summed E-state index contributed by atoms with van der Waals surface area (Å²) in [4.78, 5) is 50.8. The first-order chi connectivity index (χ1) is 27.4. The van der Waals surface area contributed by atoms with Gasteiger partial charge in [-0.05, 0) is 44.2 Å². The van der Waals surface area contributed by atoms with Gasteiger partial charge in [0, 0.05) is 11.5 Å². The summed E-state index contributed by atoms with van der Waals surface area (Å²) in [6.07, 6.45) is 2.91. The van der Waals surface area contributed by atoms with Gasteiger partial charge in [0.05, 0.1) is 24.5 Å². The molecule has 10 heteroatoms. The molecule has 0 bridgehead atoms. The van der Waals surface area contributed by atoms with Crippen molar-refractivity contribution in [1.29, 1.82) is 0 Å². The molecule has 0 radical (unpaired) electrons. The van der Waals surface area contributed by atoms with Crippen molar-refractivity contribution in [3.8, 4) is 16.9 Å². The standard InChI is InChI=1S/C47H51NO8Si/c1-8-27-52-46(51)43-40(32(3)42-41(44(49)48(42)43)33(4)45(50)56-54-28-9-2)31-53-37-18-16-17-36(29-37)35-25-23-34(24-26-35)30-55-57(47(5,6)7,38-19-12-10-13-20-38)39-21-14-11-15-22-39/h8-26,29,32-33,41-42H,1-2,27-28,30-31H2,3-7H3/t32-,33?,41?,42?/m0/s1. The Morgan fingerprint density at radius 1 is 0.825 bits per heavy atom. The maximum absolute atomic E-state index is 13.5. The molecule has 0 aromatic heterocycles. The average molecular weight is 786 g/mol. The van der Waals surface area contributed by atoms with Crippen LogP contribution in [0.3, 0.4) is 0 Å². The normalized spacial score (nSPS) is 18.3. The van der Waals surface area contributed by atoms with Crippen LogP contribution in [0.5, 0.6) is 5.75 Å². The van der Waals surface area contributed by atoms with Crippen LogP contribution < -0.4 is 15.1 Å². The Kier molecular flexibility index (Phi) is 12.8. The van der Waals surface area contributed by atoms with Gasteiger partial charge in [-0.3, -0.25) is 9.68 Å². The van der Waals surface area contributed by atoms with Gasteiger partial charge in [-0.15, -0.1) is 6.58 Å². The number of β-lactam (4-membered cyclic amide) rings is 1. The Morgan fingerprint density at radius 2 is 1.46 bits per heavy atom. The summed E-state index contributed by atoms with van der Waals surface area (Å²) in [5, 5.41) is 2.35. The number of rotatable bonds is 17. The van der Waals surface area contributed by atoms with E-state index in [1.807, 2.05) is 43.3 Å². The van der Waals surface area contributed by atoms with Gasteiger partial charge in [0.15, 0.2) is 0 Å². The molecular formula is C47H51NO8Si. The second-order valence-corrected chi connectivity index (χ2v) is 19.8. The molecule has 57 heavy (non-hydrogen) atoms. The molecule has 0 aliphatic carbocycles. The molecule has 2 aliphatic heterocycles. The van der Waals surface area contributed by atoms with Crippen LogP contribution in [0.1, 0.15) is 40.2 Å². The van der Waals surface area contributed by atoms with Crippen molar-refractivity contribution in [2.24, 2.45) is 17.8 Å². The van der Waals surface area contributed by atoms with Gasteiger partial charge < -0.3 is 18.8 Å². The molecule has 4 aromatic rings. The van der Waals surface area contributed by atoms with Crippen molar-refractivity contribution in [2.45, 2.75) is 52.3 Å². The lowest BCUT2D eigenvalue weighted by molar-refractivity contribution is -0.271. The summed E-state index contributed by atoms with van der Waals surface area (Å²) in [5.41, 5.74) is 3.79. The number of amides is 1. The first-order valence-electron chi connectivity index (χ1n) is 19.3. The molecule has 2 aliphatic rings. The average Bonchev–Trinajstić information content (AvgIpc) is 3.47. The Balaban J connectivity index is 1.18. The minimum atomic E-state index is -2.70. The largest absolute Gasteiger partial charge is 0.489 e. The first kappa shape index (κ1) is 41.1. The monoisotopic (exact) mass is 785 g/mol. The molecule has 2 heterocycles. The van der Waals surface area contributed by atoms with Crippen molar-refractivity contribution in [1.82, 2.24) is 4.90 Å². The Bertz CT molecular complexity index is 2070. The fourth-order valence-corrected chi connectivity index (χ4v) is 12.6. The van der Waals surface area contributed by atoms with E-state index in [2.05, 4.69) is 107 Å². The highest BCUT2D eigenvalue weighted by molar-refractivity contribution is 6.99. The lowest BCUT2D eigenvalue weighted by Gasteiger charge is -2.47. The number of nitrogens with zero attached hydrogens (tertiary/aromatic N) is 1. The molecule has 6 rings (SSSR count). The fraction of sp³-hybridized carbons (Fsp3) is 0.298. The quantitative estimate of drug-likeness (QED) is 0.0206. The fourth-order valence-electron chi connectivity index (χ4n) is 8.08. The van der Waals surface area contributed by atoms with E-state index in [0.29, 0.717) is 17.9 Å². The SMILES string of the molecule is C=CCOOC(=O)C(C)C1C(=O)N2C(C(=O)OCC=C)=C(COc3cccc(-c4ccc(CO[Si](c5ccccc5)(c5ccccc5)C(C)(C)C)cc4)c3)[C@H](C)C12. The summed E-state index contributed by atoms with van der Waals surface area (Å²) in [6.45, 7) is 18.0. The molecular weight excluding hydrogens is 735 g/mol. The second kappa shape index (κ2) is 17.7. The minimum absolute atomic E-state index is 0.0171. The smallest absolute Gasteiger partial charge is 0.355 e. The van der Waals surface area contributed by atoms with Crippen LogP contribution >= 0.6 is 0 Å². The number of carbonyl (C=O) groups excluding carboxylic acids is 3. The highest BCUT2D eigenvalue weighted by Crippen LogP contribution is 2.49. The Morgan fingerprint density at radius 3 is 2.05 bits per heavy atom. The van der Waals surface area contributed by atoms with Gasteiger partial charge in [0.25, 0.3) is 8.32 Å². The molecule has 0 N–H and O–H groups in total. The van der Waals surface area contributed by atoms with Crippen molar-refractivity contribution in [3.63, 3.8) is 0 Å². The van der Waals surface area contributed by atoms with Gasteiger partial charge in [0.1, 0.15) is 31.3 Å². The molecule has 1 fully saturated rings. The predicted octanol–water partition coefficient (Wildman–Crippen LogP) is 7.57. The van der Waals surface area contributed by atoms with Crippen LogP contribution in [0.15, 0.2) is 146 Å². The van der Waals surface area contributed by atoms with E-state index in [9.17, 15) is 14.4 Å². The zero-order chi connectivity index (χ0) is 40.7. The zero-order valence-electron chi connectivity index (χ0n) is 33.3. The third kappa shape index (κ3) is 8.30. The van der Waals surface area contributed by atoms with Crippen molar-refractivity contribution in [3.05, 3.63) is 151 Å². The van der Waals surface area contributed by atoms with Crippen LogP contribution in [0, 0.1) is 17.8 Å². The first-order valence-corrected chi connectivity index (χ1v) is 21.2. The number of esters is 1. The molecule has 0 spiro atoms. The van der Waals surface area contributed by atoms with Crippen molar-refractivity contribution < 1.29 is 38.1 Å². The van der Waals surface area contributed by atoms with E-state index < -0.39 is 38.1 Å². The second-order valence-electron chi connectivity index (χ2n) is 15.5. The van der Waals surface area contributed by atoms with E-state index >= 15 is 0 Å². The van der Waals surface area contributed by atoms with Gasteiger partial charge in [-0.25, -0.2) is 9.59 Å². The minimum Gasteiger partial charge on any atom is -0.489 e. The molecule has 1 amide bonds. The van der Waals surface area contributed by atoms with E-state index in [1.165, 1.54) is 27.4 Å². The van der Waals surface area contributed by atoms with Crippen LogP contribution in [0.25, 0.3) is 11.1 Å². The summed E-state index contributed by atoms with van der Waals surface area (Å²) in [7, 11) is -2.70. The van der Waals surface area contributed by atoms with Gasteiger partial charge in [-0.1, -0.05) is 150 Å². The molecule has 4 atom stereocenters. The van der Waals surface area contributed by atoms with E-state index in [-0.39, 0.29) is 42.4 Å². The molecule has 296 valence electrons. The van der Waals surface area contributed by atoms with Crippen LogP contribution in [0.2, 0.25) is 5.04 Å². The predicted molar refractivity (Wildman–Crippen MR) is 223 cm³/mol. The van der Waals surface area contributed by atoms with Crippen LogP contribution in [-0.4, -0.2) is 56.9 Å². The third-order valence-corrected chi connectivity index (χ3v) is 15.9. The van der Waals surface area contributed by atoms with Gasteiger partial charge in [0.2, 0.25) is 5.91 Å². The summed E-state index contributed by atoms with van der Waals surface area (Å²) in [5.74, 6) is -2.89. The molecule has 0 saturated carbocycles. The van der Waals surface area contributed by atoms with Crippen LogP contribution in [-0.2, 0) is 39.9 Å². The highest BCUT2D eigenvalue weighted by atomic mass is 28.4. The van der Waals surface area contributed by atoms with E-state index in [1.54, 1.807) is 6.92 Å². The summed E-state index contributed by atoms with van der Waals surface area (Å²) < 4.78 is 18.9. The van der Waals surface area contributed by atoms with E-state index in [0.717, 1.165) is 16.7 Å². The molecule has 1 saturated heterocycles. The lowest BCUT2D eigenvalue weighted by Crippen LogP contribution is -2.66. The zero-order valence-corrected chi connectivity index (χ0v) is 34.3. The number of benzene rings is 4. The topological polar surface area (TPSA) is 101 Å². The van der Waals surface area contributed by atoms with Crippen molar-refractivity contribution in [2.75, 3.05) is 19.8 Å². The van der Waals surface area contributed by atoms with Gasteiger partial charge in [-0.2, -0.15) is 4.89 Å². The number of carbonyl (C=O) groups is 3. The third-order valence-electron chi connectivity index (χ3n) is 10.9. The van der Waals surface area contributed by atoms with Crippen molar-refractivity contribution >= 4 is 36.5 Å². The lowest BCUT2D eigenvalue weighted by atomic mass is 9.74. The van der Waals surface area contributed by atoms with Crippen LogP contribution in [0.4, 0.5) is 0 Å². The highest BCUT2D eigenvalue weighted by Gasteiger charge is 2.61.